The van der Waals surface area contributed by atoms with E-state index in [0.29, 0.717) is 0 Å². The van der Waals surface area contributed by atoms with Crippen LogP contribution in [0.2, 0.25) is 0 Å². The third kappa shape index (κ3) is 6.76. The number of anilines is 3. The minimum absolute atomic E-state index is 0.140. The smallest absolute Gasteiger partial charge is 0.0468 e. The van der Waals surface area contributed by atoms with Crippen LogP contribution >= 0.6 is 0 Å². The fourth-order valence-corrected chi connectivity index (χ4v) is 11.1. The number of hydrogen-bond acceptors (Lipinski definition) is 1. The lowest BCUT2D eigenvalue weighted by Crippen LogP contribution is -2.17. The molecule has 10 aromatic rings. The topological polar surface area (TPSA) is 3.24 Å². The molecule has 0 heterocycles. The summed E-state index contributed by atoms with van der Waals surface area (Å²) in [4.78, 5) is 2.48. The predicted molar refractivity (Wildman–Crippen MR) is 283 cm³/mol. The van der Waals surface area contributed by atoms with Crippen LogP contribution in [0.1, 0.15) is 49.9 Å². The second kappa shape index (κ2) is 15.9. The molecular formula is C66H51N. The lowest BCUT2D eigenvalue weighted by Gasteiger charge is -2.30. The SMILES string of the molecule is CC1(C)c2cc(-c3ccccc3)ccc2-c2cc3c(cc21)-c1ccc(N(c2ccc(-c4ccccc4)c(-c4ccccc4)c2)c2ccc(-c4ccccc4)c(-c4ccccc4)c2)cc1C3(C)C. The van der Waals surface area contributed by atoms with E-state index >= 15 is 0 Å². The summed E-state index contributed by atoms with van der Waals surface area (Å²) in [6.07, 6.45) is 0. The van der Waals surface area contributed by atoms with Gasteiger partial charge in [0.2, 0.25) is 0 Å². The van der Waals surface area contributed by atoms with Crippen LogP contribution in [0.25, 0.3) is 77.9 Å². The standard InChI is InChI=1S/C66H51N/c1-65(2)61-38-49(44-20-10-5-11-21-44)30-34-55(61)59-42-64-60(43-63(59)65)56-37-33-52(41-62(56)66(64,3)4)67(50-31-35-53(45-22-12-6-13-23-45)57(39-50)47-26-16-8-17-27-47)51-32-36-54(46-24-14-7-15-25-46)58(40-51)48-28-18-9-19-29-48/h5-43H,1-4H3. The summed E-state index contributed by atoms with van der Waals surface area (Å²) in [5.74, 6) is 0. The molecule has 0 N–H and O–H groups in total. The van der Waals surface area contributed by atoms with E-state index in [1.165, 1.54) is 100 Å². The van der Waals surface area contributed by atoms with Crippen molar-refractivity contribution in [3.05, 3.63) is 259 Å². The van der Waals surface area contributed by atoms with Gasteiger partial charge in [0.25, 0.3) is 0 Å². The summed E-state index contributed by atoms with van der Waals surface area (Å²) < 4.78 is 0. The zero-order valence-electron chi connectivity index (χ0n) is 38.5. The third-order valence-corrected chi connectivity index (χ3v) is 14.7. The molecule has 0 amide bonds. The van der Waals surface area contributed by atoms with E-state index in [1.54, 1.807) is 0 Å². The molecule has 1 nitrogen and oxygen atoms in total. The van der Waals surface area contributed by atoms with Gasteiger partial charge in [-0.3, -0.25) is 0 Å². The Morgan fingerprint density at radius 3 is 0.955 bits per heavy atom. The molecule has 0 aromatic heterocycles. The summed E-state index contributed by atoms with van der Waals surface area (Å²) >= 11 is 0. The van der Waals surface area contributed by atoms with Gasteiger partial charge >= 0.3 is 0 Å². The second-order valence-corrected chi connectivity index (χ2v) is 19.3. The first kappa shape index (κ1) is 40.5. The van der Waals surface area contributed by atoms with Crippen molar-refractivity contribution in [2.45, 2.75) is 38.5 Å². The molecule has 10 aromatic carbocycles. The Kier molecular flexibility index (Phi) is 9.59. The second-order valence-electron chi connectivity index (χ2n) is 19.3. The molecule has 0 spiro atoms. The first-order chi connectivity index (χ1) is 32.7. The molecule has 320 valence electrons. The van der Waals surface area contributed by atoms with Gasteiger partial charge < -0.3 is 4.90 Å². The first-order valence-corrected chi connectivity index (χ1v) is 23.6. The maximum atomic E-state index is 2.53. The van der Waals surface area contributed by atoms with Crippen LogP contribution in [0.5, 0.6) is 0 Å². The molecule has 0 saturated heterocycles. The van der Waals surface area contributed by atoms with Gasteiger partial charge in [-0.05, 0) is 155 Å². The Labute approximate surface area is 395 Å². The molecular weight excluding hydrogens is 807 g/mol. The van der Waals surface area contributed by atoms with Crippen LogP contribution in [0.15, 0.2) is 237 Å². The molecule has 0 bridgehead atoms. The van der Waals surface area contributed by atoms with Crippen molar-refractivity contribution in [3.63, 3.8) is 0 Å². The number of hydrogen-bond donors (Lipinski definition) is 0. The molecule has 0 saturated carbocycles. The van der Waals surface area contributed by atoms with Gasteiger partial charge in [0.1, 0.15) is 0 Å². The van der Waals surface area contributed by atoms with E-state index < -0.39 is 0 Å². The van der Waals surface area contributed by atoms with Gasteiger partial charge in [0.15, 0.2) is 0 Å². The van der Waals surface area contributed by atoms with E-state index in [9.17, 15) is 0 Å². The Bertz CT molecular complexity index is 3350. The maximum Gasteiger partial charge on any atom is 0.0468 e. The van der Waals surface area contributed by atoms with Crippen LogP contribution in [0.3, 0.4) is 0 Å². The van der Waals surface area contributed by atoms with Crippen molar-refractivity contribution in [2.24, 2.45) is 0 Å². The van der Waals surface area contributed by atoms with Crippen molar-refractivity contribution in [1.82, 2.24) is 0 Å². The van der Waals surface area contributed by atoms with Crippen molar-refractivity contribution in [3.8, 4) is 77.9 Å². The molecule has 0 radical (unpaired) electrons. The van der Waals surface area contributed by atoms with Gasteiger partial charge in [-0.1, -0.05) is 210 Å². The quantitative estimate of drug-likeness (QED) is 0.147. The van der Waals surface area contributed by atoms with Gasteiger partial charge in [-0.2, -0.15) is 0 Å². The molecule has 0 atom stereocenters. The molecule has 1 heteroatoms. The summed E-state index contributed by atoms with van der Waals surface area (Å²) in [6, 6.07) is 87.4. The summed E-state index contributed by atoms with van der Waals surface area (Å²) in [5, 5.41) is 0. The zero-order chi connectivity index (χ0) is 45.3. The Hall–Kier alpha value is -8.00. The zero-order valence-corrected chi connectivity index (χ0v) is 38.5. The third-order valence-electron chi connectivity index (χ3n) is 14.7. The van der Waals surface area contributed by atoms with Crippen LogP contribution in [0, 0.1) is 0 Å². The largest absolute Gasteiger partial charge is 0.310 e. The number of fused-ring (bicyclic) bond motifs is 6. The van der Waals surface area contributed by atoms with Crippen molar-refractivity contribution < 1.29 is 0 Å². The maximum absolute atomic E-state index is 2.53. The highest BCUT2D eigenvalue weighted by Crippen LogP contribution is 2.57. The summed E-state index contributed by atoms with van der Waals surface area (Å²) in [5.41, 5.74) is 26.0. The van der Waals surface area contributed by atoms with Crippen molar-refractivity contribution in [2.75, 3.05) is 4.90 Å². The Morgan fingerprint density at radius 1 is 0.224 bits per heavy atom. The van der Waals surface area contributed by atoms with Crippen LogP contribution < -0.4 is 4.90 Å². The molecule has 2 aliphatic rings. The molecule has 12 rings (SSSR count). The average Bonchev–Trinajstić information content (AvgIpc) is 3.75. The van der Waals surface area contributed by atoms with E-state index in [4.69, 9.17) is 0 Å². The number of nitrogens with zero attached hydrogens (tertiary/aromatic N) is 1. The minimum atomic E-state index is -0.239. The highest BCUT2D eigenvalue weighted by molar-refractivity contribution is 5.95. The normalized spacial score (nSPS) is 13.6. The lowest BCUT2D eigenvalue weighted by molar-refractivity contribution is 0.652. The Balaban J connectivity index is 1.03. The fourth-order valence-electron chi connectivity index (χ4n) is 11.1. The molecule has 0 fully saturated rings. The van der Waals surface area contributed by atoms with Gasteiger partial charge in [0, 0.05) is 27.9 Å². The number of benzene rings is 10. The Morgan fingerprint density at radius 2 is 0.537 bits per heavy atom. The number of rotatable bonds is 8. The monoisotopic (exact) mass is 857 g/mol. The predicted octanol–water partition coefficient (Wildman–Crippen LogP) is 18.1. The van der Waals surface area contributed by atoms with Crippen LogP contribution in [-0.2, 0) is 10.8 Å². The molecule has 2 aliphatic carbocycles. The highest BCUT2D eigenvalue weighted by Gasteiger charge is 2.42. The van der Waals surface area contributed by atoms with E-state index in [1.807, 2.05) is 0 Å². The van der Waals surface area contributed by atoms with E-state index in [2.05, 4.69) is 269 Å². The van der Waals surface area contributed by atoms with Crippen LogP contribution in [0.4, 0.5) is 17.1 Å². The minimum Gasteiger partial charge on any atom is -0.310 e. The summed E-state index contributed by atoms with van der Waals surface area (Å²) in [7, 11) is 0. The van der Waals surface area contributed by atoms with E-state index in [0.717, 1.165) is 17.1 Å². The first-order valence-electron chi connectivity index (χ1n) is 23.6. The summed E-state index contributed by atoms with van der Waals surface area (Å²) in [6.45, 7) is 9.64. The van der Waals surface area contributed by atoms with E-state index in [-0.39, 0.29) is 10.8 Å². The fraction of sp³-hybridized carbons (Fsp3) is 0.0909. The van der Waals surface area contributed by atoms with Crippen LogP contribution in [-0.4, -0.2) is 0 Å². The highest BCUT2D eigenvalue weighted by atomic mass is 15.1. The molecule has 0 unspecified atom stereocenters. The lowest BCUT2D eigenvalue weighted by atomic mass is 9.79. The molecule has 0 aliphatic heterocycles. The van der Waals surface area contributed by atoms with Gasteiger partial charge in [0.05, 0.1) is 0 Å². The van der Waals surface area contributed by atoms with Crippen molar-refractivity contribution >= 4 is 17.1 Å². The molecule has 67 heavy (non-hydrogen) atoms. The van der Waals surface area contributed by atoms with Crippen molar-refractivity contribution in [1.29, 1.82) is 0 Å². The van der Waals surface area contributed by atoms with Gasteiger partial charge in [-0.15, -0.1) is 0 Å². The van der Waals surface area contributed by atoms with Gasteiger partial charge in [-0.25, -0.2) is 0 Å². The average molecular weight is 858 g/mol.